The van der Waals surface area contributed by atoms with Gasteiger partial charge in [0.15, 0.2) is 0 Å². The van der Waals surface area contributed by atoms with Crippen molar-refractivity contribution in [1.82, 2.24) is 0 Å². The summed E-state index contributed by atoms with van der Waals surface area (Å²) in [5.74, 6) is 0. The summed E-state index contributed by atoms with van der Waals surface area (Å²) < 4.78 is 0. The zero-order valence-electron chi connectivity index (χ0n) is 8.09. The van der Waals surface area contributed by atoms with Crippen LogP contribution in [0.25, 0.3) is 5.57 Å². The Hall–Kier alpha value is -1.04. The van der Waals surface area contributed by atoms with Gasteiger partial charge in [-0.1, -0.05) is 44.2 Å². The minimum Gasteiger partial charge on any atom is -0.0766 e. The quantitative estimate of drug-likeness (QED) is 0.542. The Balaban J connectivity index is 0.000000451. The summed E-state index contributed by atoms with van der Waals surface area (Å²) >= 11 is 0. The van der Waals surface area contributed by atoms with Crippen molar-refractivity contribution in [3.8, 4) is 0 Å². The highest BCUT2D eigenvalue weighted by atomic mass is 14.1. The zero-order valence-corrected chi connectivity index (χ0v) is 8.09. The smallest absolute Gasteiger partial charge is 0 e. The number of rotatable bonds is 0. The second kappa shape index (κ2) is 4.10. The van der Waals surface area contributed by atoms with E-state index in [1.54, 1.807) is 0 Å². The van der Waals surface area contributed by atoms with E-state index in [1.807, 2.05) is 13.8 Å². The van der Waals surface area contributed by atoms with Crippen molar-refractivity contribution in [2.45, 2.75) is 27.2 Å². The molecule has 66 valence electrons. The first-order chi connectivity index (χ1) is 5.88. The maximum atomic E-state index is 2.28. The first kappa shape index (κ1) is 9.05. The van der Waals surface area contributed by atoms with Gasteiger partial charge in [0.25, 0.3) is 0 Å². The fourth-order valence-corrected chi connectivity index (χ4v) is 1.46. The first-order valence-electron chi connectivity index (χ1n) is 4.63. The highest BCUT2D eigenvalue weighted by Crippen LogP contribution is 2.25. The Morgan fingerprint density at radius 1 is 1.17 bits per heavy atom. The number of allylic oxidation sites excluding steroid dienone is 2. The zero-order chi connectivity index (χ0) is 8.97. The van der Waals surface area contributed by atoms with Crippen LogP contribution in [-0.4, -0.2) is 0 Å². The molecule has 0 spiro atoms. The lowest BCUT2D eigenvalue weighted by molar-refractivity contribution is 1.31. The van der Waals surface area contributed by atoms with Crippen LogP contribution in [0.4, 0.5) is 0 Å². The van der Waals surface area contributed by atoms with Gasteiger partial charge in [0, 0.05) is 1.43 Å². The lowest BCUT2D eigenvalue weighted by Gasteiger charge is -1.97. The SMILES string of the molecule is CC.CC1=CCc2ccccc21.[HH]. The summed E-state index contributed by atoms with van der Waals surface area (Å²) in [6, 6.07) is 8.59. The van der Waals surface area contributed by atoms with Crippen molar-refractivity contribution in [1.29, 1.82) is 0 Å². The summed E-state index contributed by atoms with van der Waals surface area (Å²) in [5, 5.41) is 0. The molecular formula is C12H18. The number of hydrogen-bond acceptors (Lipinski definition) is 0. The van der Waals surface area contributed by atoms with Gasteiger partial charge in [-0.25, -0.2) is 0 Å². The van der Waals surface area contributed by atoms with Crippen molar-refractivity contribution >= 4 is 5.57 Å². The van der Waals surface area contributed by atoms with Crippen LogP contribution in [-0.2, 0) is 6.42 Å². The average molecular weight is 162 g/mol. The van der Waals surface area contributed by atoms with E-state index >= 15 is 0 Å². The Labute approximate surface area is 76.4 Å². The third kappa shape index (κ3) is 1.58. The van der Waals surface area contributed by atoms with Gasteiger partial charge < -0.3 is 0 Å². The molecule has 0 amide bonds. The van der Waals surface area contributed by atoms with Gasteiger partial charge in [-0.15, -0.1) is 0 Å². The fraction of sp³-hybridized carbons (Fsp3) is 0.333. The van der Waals surface area contributed by atoms with Crippen LogP contribution in [0, 0.1) is 0 Å². The molecule has 1 aliphatic carbocycles. The molecule has 2 rings (SSSR count). The van der Waals surface area contributed by atoms with E-state index in [-0.39, 0.29) is 1.43 Å². The van der Waals surface area contributed by atoms with Crippen LogP contribution in [0.15, 0.2) is 30.3 Å². The van der Waals surface area contributed by atoms with Crippen molar-refractivity contribution in [2.75, 3.05) is 0 Å². The highest BCUT2D eigenvalue weighted by molar-refractivity contribution is 5.71. The molecule has 0 N–H and O–H groups in total. The Kier molecular flexibility index (Phi) is 3.09. The standard InChI is InChI=1S/C10H10.C2H6.H2/c1-8-6-7-9-4-2-3-5-10(8)9;1-2;/h2-6H,7H2,1H3;1-2H3;1H. The first-order valence-corrected chi connectivity index (χ1v) is 4.63. The number of fused-ring (bicyclic) bond motifs is 1. The lowest BCUT2D eigenvalue weighted by Crippen LogP contribution is -1.79. The molecule has 0 fully saturated rings. The highest BCUT2D eigenvalue weighted by Gasteiger charge is 2.07. The van der Waals surface area contributed by atoms with Crippen LogP contribution in [0.5, 0.6) is 0 Å². The predicted octanol–water partition coefficient (Wildman–Crippen LogP) is 3.92. The Morgan fingerprint density at radius 2 is 1.83 bits per heavy atom. The molecule has 0 heteroatoms. The fourth-order valence-electron chi connectivity index (χ4n) is 1.46. The van der Waals surface area contributed by atoms with Crippen LogP contribution in [0.1, 0.15) is 33.3 Å². The molecule has 0 aliphatic heterocycles. The molecule has 0 atom stereocenters. The topological polar surface area (TPSA) is 0 Å². The molecule has 0 saturated carbocycles. The van der Waals surface area contributed by atoms with E-state index in [1.165, 1.54) is 16.7 Å². The van der Waals surface area contributed by atoms with Crippen LogP contribution < -0.4 is 0 Å². The van der Waals surface area contributed by atoms with Crippen molar-refractivity contribution in [2.24, 2.45) is 0 Å². The van der Waals surface area contributed by atoms with Gasteiger partial charge in [-0.05, 0) is 30.0 Å². The lowest BCUT2D eigenvalue weighted by atomic mass is 10.1. The Morgan fingerprint density at radius 3 is 2.50 bits per heavy atom. The largest absolute Gasteiger partial charge is 0.0766 e. The van der Waals surface area contributed by atoms with Crippen molar-refractivity contribution < 1.29 is 1.43 Å². The van der Waals surface area contributed by atoms with E-state index in [2.05, 4.69) is 37.3 Å². The summed E-state index contributed by atoms with van der Waals surface area (Å²) in [7, 11) is 0. The third-order valence-electron chi connectivity index (χ3n) is 2.07. The minimum atomic E-state index is 0. The summed E-state index contributed by atoms with van der Waals surface area (Å²) in [6.45, 7) is 6.17. The maximum Gasteiger partial charge on any atom is 0 e. The predicted molar refractivity (Wildman–Crippen MR) is 57.3 cm³/mol. The summed E-state index contributed by atoms with van der Waals surface area (Å²) in [4.78, 5) is 0. The van der Waals surface area contributed by atoms with E-state index in [4.69, 9.17) is 0 Å². The van der Waals surface area contributed by atoms with Gasteiger partial charge in [0.05, 0.1) is 0 Å². The summed E-state index contributed by atoms with van der Waals surface area (Å²) in [6.07, 6.45) is 3.41. The molecule has 0 bridgehead atoms. The molecule has 0 unspecified atom stereocenters. The monoisotopic (exact) mass is 162 g/mol. The minimum absolute atomic E-state index is 0. The molecule has 0 radical (unpaired) electrons. The maximum absolute atomic E-state index is 2.28. The third-order valence-corrected chi connectivity index (χ3v) is 2.07. The molecule has 1 aromatic rings. The molecule has 12 heavy (non-hydrogen) atoms. The molecule has 0 saturated heterocycles. The van der Waals surface area contributed by atoms with Gasteiger partial charge >= 0.3 is 0 Å². The molecule has 1 aromatic carbocycles. The molecule has 0 aromatic heterocycles. The molecule has 1 aliphatic rings. The second-order valence-electron chi connectivity index (χ2n) is 2.75. The molecule has 0 heterocycles. The van der Waals surface area contributed by atoms with E-state index in [0.29, 0.717) is 0 Å². The molecular weight excluding hydrogens is 144 g/mol. The van der Waals surface area contributed by atoms with E-state index in [0.717, 1.165) is 6.42 Å². The second-order valence-corrected chi connectivity index (χ2v) is 2.75. The normalized spacial score (nSPS) is 12.8. The van der Waals surface area contributed by atoms with Gasteiger partial charge in [-0.2, -0.15) is 0 Å². The van der Waals surface area contributed by atoms with E-state index in [9.17, 15) is 0 Å². The summed E-state index contributed by atoms with van der Waals surface area (Å²) in [5.41, 5.74) is 4.33. The van der Waals surface area contributed by atoms with Crippen LogP contribution in [0.2, 0.25) is 0 Å². The van der Waals surface area contributed by atoms with Gasteiger partial charge in [0.2, 0.25) is 0 Å². The molecule has 0 nitrogen and oxygen atoms in total. The Bertz CT molecular complexity index is 287. The van der Waals surface area contributed by atoms with Crippen LogP contribution in [0.3, 0.4) is 0 Å². The van der Waals surface area contributed by atoms with Gasteiger partial charge in [-0.3, -0.25) is 0 Å². The van der Waals surface area contributed by atoms with Crippen molar-refractivity contribution in [3.05, 3.63) is 41.5 Å². The number of hydrogen-bond donors (Lipinski definition) is 0. The van der Waals surface area contributed by atoms with E-state index < -0.39 is 0 Å². The van der Waals surface area contributed by atoms with Crippen LogP contribution >= 0.6 is 0 Å². The van der Waals surface area contributed by atoms with Gasteiger partial charge in [0.1, 0.15) is 0 Å². The number of benzene rings is 1. The average Bonchev–Trinajstić information content (AvgIpc) is 2.53. The van der Waals surface area contributed by atoms with Crippen molar-refractivity contribution in [3.63, 3.8) is 0 Å².